The van der Waals surface area contributed by atoms with Gasteiger partial charge in [-0.05, 0) is 54.5 Å². The summed E-state index contributed by atoms with van der Waals surface area (Å²) < 4.78 is 5.32. The van der Waals surface area contributed by atoms with E-state index in [1.165, 1.54) is 6.08 Å². The Kier molecular flexibility index (Phi) is 6.63. The van der Waals surface area contributed by atoms with Gasteiger partial charge in [0, 0.05) is 0 Å². The second-order valence-electron chi connectivity index (χ2n) is 6.38. The molecule has 0 saturated heterocycles. The predicted molar refractivity (Wildman–Crippen MR) is 116 cm³/mol. The molecule has 1 N–H and O–H groups in total. The number of esters is 1. The molecule has 3 rings (SSSR count). The van der Waals surface area contributed by atoms with E-state index in [0.717, 1.165) is 5.56 Å². The number of benzene rings is 3. The fourth-order valence-corrected chi connectivity index (χ4v) is 2.93. The van der Waals surface area contributed by atoms with E-state index in [9.17, 15) is 14.9 Å². The van der Waals surface area contributed by atoms with Crippen LogP contribution in [0.3, 0.4) is 0 Å². The molecule has 0 fully saturated rings. The molecule has 0 aromatic heterocycles. The van der Waals surface area contributed by atoms with Gasteiger partial charge in [-0.25, -0.2) is 4.79 Å². The second kappa shape index (κ2) is 9.55. The summed E-state index contributed by atoms with van der Waals surface area (Å²) in [6.07, 6.45) is 1.45. The number of hydrogen-bond acceptors (Lipinski definition) is 4. The van der Waals surface area contributed by atoms with Gasteiger partial charge in [-0.1, -0.05) is 54.1 Å². The van der Waals surface area contributed by atoms with Gasteiger partial charge in [0.05, 0.1) is 16.3 Å². The molecule has 6 heteroatoms. The first kappa shape index (κ1) is 20.8. The Morgan fingerprint density at radius 1 is 1.00 bits per heavy atom. The first-order valence-corrected chi connectivity index (χ1v) is 9.41. The van der Waals surface area contributed by atoms with Gasteiger partial charge in [0.15, 0.2) is 0 Å². The summed E-state index contributed by atoms with van der Waals surface area (Å²) in [6.45, 7) is 1.81. The molecular formula is C24H17ClN2O3. The number of amides is 1. The zero-order valence-corrected chi connectivity index (χ0v) is 16.8. The Morgan fingerprint density at radius 3 is 2.33 bits per heavy atom. The molecule has 0 unspecified atom stereocenters. The van der Waals surface area contributed by atoms with Crippen LogP contribution < -0.4 is 10.1 Å². The van der Waals surface area contributed by atoms with Crippen molar-refractivity contribution >= 4 is 35.2 Å². The lowest BCUT2D eigenvalue weighted by molar-refractivity contribution is -0.112. The van der Waals surface area contributed by atoms with E-state index in [0.29, 0.717) is 27.6 Å². The molecule has 1 amide bonds. The number of nitrogens with one attached hydrogen (secondary N) is 1. The molecule has 0 aliphatic heterocycles. The Balaban J connectivity index is 1.72. The van der Waals surface area contributed by atoms with Crippen molar-refractivity contribution in [3.05, 3.63) is 100 Å². The van der Waals surface area contributed by atoms with Gasteiger partial charge in [0.1, 0.15) is 17.4 Å². The molecular weight excluding hydrogens is 400 g/mol. The van der Waals surface area contributed by atoms with Crippen molar-refractivity contribution in [2.45, 2.75) is 6.92 Å². The number of aryl methyl sites for hydroxylation is 1. The maximum atomic E-state index is 12.5. The van der Waals surface area contributed by atoms with E-state index in [-0.39, 0.29) is 5.57 Å². The molecule has 148 valence electrons. The number of rotatable bonds is 5. The summed E-state index contributed by atoms with van der Waals surface area (Å²) in [5.41, 5.74) is 2.23. The van der Waals surface area contributed by atoms with Crippen molar-refractivity contribution in [1.82, 2.24) is 0 Å². The second-order valence-corrected chi connectivity index (χ2v) is 6.79. The molecule has 0 bridgehead atoms. The van der Waals surface area contributed by atoms with E-state index >= 15 is 0 Å². The number of nitriles is 1. The molecule has 0 radical (unpaired) electrons. The summed E-state index contributed by atoms with van der Waals surface area (Å²) in [6, 6.07) is 22.3. The molecule has 0 aliphatic rings. The summed E-state index contributed by atoms with van der Waals surface area (Å²) in [5, 5.41) is 12.5. The first-order valence-electron chi connectivity index (χ1n) is 9.03. The van der Waals surface area contributed by atoms with E-state index in [4.69, 9.17) is 16.3 Å². The van der Waals surface area contributed by atoms with E-state index in [2.05, 4.69) is 5.32 Å². The minimum atomic E-state index is -0.562. The Bertz CT molecular complexity index is 1130. The Hall–Kier alpha value is -3.88. The average molecular weight is 417 g/mol. The quantitative estimate of drug-likeness (QED) is 0.261. The third-order valence-electron chi connectivity index (χ3n) is 4.24. The molecule has 3 aromatic carbocycles. The smallest absolute Gasteiger partial charge is 0.343 e. The van der Waals surface area contributed by atoms with Crippen molar-refractivity contribution in [1.29, 1.82) is 5.26 Å². The standard InChI is InChI=1S/C24H17ClN2O3/c1-16-6-5-9-21(25)22(16)27-23(28)19(15-26)14-17-10-12-20(13-11-17)30-24(29)18-7-3-2-4-8-18/h2-14H,1H3,(H,27,28)/b19-14+. The summed E-state index contributed by atoms with van der Waals surface area (Å²) in [5.74, 6) is -0.671. The Morgan fingerprint density at radius 2 is 1.70 bits per heavy atom. The lowest BCUT2D eigenvalue weighted by Crippen LogP contribution is -2.14. The van der Waals surface area contributed by atoms with Crippen LogP contribution in [0.25, 0.3) is 6.08 Å². The minimum Gasteiger partial charge on any atom is -0.423 e. The SMILES string of the molecule is Cc1cccc(Cl)c1NC(=O)/C(C#N)=C/c1ccc(OC(=O)c2ccccc2)cc1. The maximum absolute atomic E-state index is 12.5. The van der Waals surface area contributed by atoms with Crippen molar-refractivity contribution in [3.8, 4) is 11.8 Å². The van der Waals surface area contributed by atoms with Crippen molar-refractivity contribution < 1.29 is 14.3 Å². The van der Waals surface area contributed by atoms with Gasteiger partial charge in [-0.2, -0.15) is 5.26 Å². The van der Waals surface area contributed by atoms with Crippen LogP contribution in [-0.2, 0) is 4.79 Å². The summed E-state index contributed by atoms with van der Waals surface area (Å²) >= 11 is 6.13. The van der Waals surface area contributed by atoms with Crippen LogP contribution in [0, 0.1) is 18.3 Å². The zero-order valence-electron chi connectivity index (χ0n) is 16.1. The van der Waals surface area contributed by atoms with Crippen LogP contribution >= 0.6 is 11.6 Å². The highest BCUT2D eigenvalue weighted by Crippen LogP contribution is 2.26. The summed E-state index contributed by atoms with van der Waals surface area (Å²) in [7, 11) is 0. The monoisotopic (exact) mass is 416 g/mol. The lowest BCUT2D eigenvalue weighted by atomic mass is 10.1. The predicted octanol–water partition coefficient (Wildman–Crippen LogP) is 5.41. The largest absolute Gasteiger partial charge is 0.423 e. The van der Waals surface area contributed by atoms with Crippen LogP contribution in [0.1, 0.15) is 21.5 Å². The van der Waals surface area contributed by atoms with Gasteiger partial charge in [-0.3, -0.25) is 4.79 Å². The number of ether oxygens (including phenoxy) is 1. The molecule has 0 saturated carbocycles. The zero-order chi connectivity index (χ0) is 21.5. The molecule has 0 atom stereocenters. The number of carbonyl (C=O) groups is 2. The number of para-hydroxylation sites is 1. The van der Waals surface area contributed by atoms with Crippen molar-refractivity contribution in [2.75, 3.05) is 5.32 Å². The van der Waals surface area contributed by atoms with Gasteiger partial charge in [-0.15, -0.1) is 0 Å². The lowest BCUT2D eigenvalue weighted by Gasteiger charge is -2.09. The van der Waals surface area contributed by atoms with Gasteiger partial charge >= 0.3 is 5.97 Å². The highest BCUT2D eigenvalue weighted by Gasteiger charge is 2.13. The van der Waals surface area contributed by atoms with Crippen LogP contribution in [-0.4, -0.2) is 11.9 Å². The molecule has 5 nitrogen and oxygen atoms in total. The molecule has 0 heterocycles. The number of carbonyl (C=O) groups excluding carboxylic acids is 2. The van der Waals surface area contributed by atoms with Crippen LogP contribution in [0.5, 0.6) is 5.75 Å². The van der Waals surface area contributed by atoms with Crippen molar-refractivity contribution in [3.63, 3.8) is 0 Å². The normalized spacial score (nSPS) is 10.8. The topological polar surface area (TPSA) is 79.2 Å². The number of nitrogens with zero attached hydrogens (tertiary/aromatic N) is 1. The van der Waals surface area contributed by atoms with Crippen LogP contribution in [0.15, 0.2) is 78.4 Å². The maximum Gasteiger partial charge on any atom is 0.343 e. The average Bonchev–Trinajstić information content (AvgIpc) is 2.76. The van der Waals surface area contributed by atoms with Crippen LogP contribution in [0.4, 0.5) is 5.69 Å². The highest BCUT2D eigenvalue weighted by molar-refractivity contribution is 6.34. The highest BCUT2D eigenvalue weighted by atomic mass is 35.5. The van der Waals surface area contributed by atoms with Gasteiger partial charge < -0.3 is 10.1 Å². The van der Waals surface area contributed by atoms with E-state index in [1.54, 1.807) is 60.7 Å². The Labute approximate surface area is 179 Å². The number of anilines is 1. The van der Waals surface area contributed by atoms with E-state index in [1.807, 2.05) is 25.1 Å². The number of halogens is 1. The fraction of sp³-hybridized carbons (Fsp3) is 0.0417. The summed E-state index contributed by atoms with van der Waals surface area (Å²) in [4.78, 5) is 24.6. The minimum absolute atomic E-state index is 0.0802. The first-order chi connectivity index (χ1) is 14.5. The third kappa shape index (κ3) is 5.13. The molecule has 30 heavy (non-hydrogen) atoms. The third-order valence-corrected chi connectivity index (χ3v) is 4.55. The van der Waals surface area contributed by atoms with Gasteiger partial charge in [0.25, 0.3) is 5.91 Å². The number of hydrogen-bond donors (Lipinski definition) is 1. The molecule has 3 aromatic rings. The van der Waals surface area contributed by atoms with E-state index < -0.39 is 11.9 Å². The van der Waals surface area contributed by atoms with Crippen molar-refractivity contribution in [2.24, 2.45) is 0 Å². The molecule has 0 aliphatic carbocycles. The molecule has 0 spiro atoms. The van der Waals surface area contributed by atoms with Gasteiger partial charge in [0.2, 0.25) is 0 Å². The van der Waals surface area contributed by atoms with Crippen LogP contribution in [0.2, 0.25) is 5.02 Å². The fourth-order valence-electron chi connectivity index (χ4n) is 2.66.